The maximum atomic E-state index is 12.9. The minimum Gasteiger partial charge on any atom is -0.325 e. The van der Waals surface area contributed by atoms with Crippen molar-refractivity contribution >= 4 is 39.1 Å². The third kappa shape index (κ3) is 4.20. The average molecular weight is 393 g/mol. The van der Waals surface area contributed by atoms with E-state index < -0.39 is 23.0 Å². The third-order valence-electron chi connectivity index (χ3n) is 3.67. The highest BCUT2D eigenvalue weighted by Gasteiger charge is 2.36. The Labute approximate surface area is 148 Å². The molecule has 0 radical (unpaired) electrons. The number of aryl methyl sites for hydroxylation is 1. The highest BCUT2D eigenvalue weighted by molar-refractivity contribution is 9.10. The van der Waals surface area contributed by atoms with E-state index in [1.807, 2.05) is 13.0 Å². The van der Waals surface area contributed by atoms with Crippen molar-refractivity contribution in [3.8, 4) is 0 Å². The number of hydrogen-bond acceptors (Lipinski definition) is 2. The Hall–Kier alpha value is -2.21. The van der Waals surface area contributed by atoms with Gasteiger partial charge in [-0.2, -0.15) is 0 Å². The van der Waals surface area contributed by atoms with E-state index in [1.165, 1.54) is 38.1 Å². The molecule has 0 aliphatic heterocycles. The largest absolute Gasteiger partial charge is 0.325 e. The number of rotatable bonds is 4. The highest BCUT2D eigenvalue weighted by Crippen LogP contribution is 2.24. The van der Waals surface area contributed by atoms with Gasteiger partial charge in [-0.25, -0.2) is 4.39 Å². The Morgan fingerprint density at radius 1 is 0.958 bits per heavy atom. The summed E-state index contributed by atoms with van der Waals surface area (Å²) >= 11 is 3.40. The van der Waals surface area contributed by atoms with Crippen molar-refractivity contribution in [2.24, 2.45) is 5.41 Å². The first kappa shape index (κ1) is 18.1. The molecule has 2 aromatic carbocycles. The van der Waals surface area contributed by atoms with Crippen LogP contribution in [0.3, 0.4) is 0 Å². The fraction of sp³-hybridized carbons (Fsp3) is 0.222. The molecule has 2 rings (SSSR count). The van der Waals surface area contributed by atoms with Crippen molar-refractivity contribution in [2.75, 3.05) is 10.6 Å². The molecule has 0 saturated carbocycles. The maximum absolute atomic E-state index is 12.9. The van der Waals surface area contributed by atoms with Crippen molar-refractivity contribution in [3.63, 3.8) is 0 Å². The van der Waals surface area contributed by atoms with Crippen molar-refractivity contribution in [1.29, 1.82) is 0 Å². The van der Waals surface area contributed by atoms with E-state index in [-0.39, 0.29) is 0 Å². The molecule has 0 atom stereocenters. The molecule has 0 aliphatic rings. The maximum Gasteiger partial charge on any atom is 0.239 e. The molecule has 2 aromatic rings. The quantitative estimate of drug-likeness (QED) is 0.752. The van der Waals surface area contributed by atoms with Crippen LogP contribution in [0.5, 0.6) is 0 Å². The molecule has 2 N–H and O–H groups in total. The Bertz CT molecular complexity index is 773. The Kier molecular flexibility index (Phi) is 5.39. The second-order valence-electron chi connectivity index (χ2n) is 6.00. The van der Waals surface area contributed by atoms with Gasteiger partial charge in [0.25, 0.3) is 0 Å². The van der Waals surface area contributed by atoms with Gasteiger partial charge in [-0.1, -0.05) is 22.0 Å². The average Bonchev–Trinajstić information content (AvgIpc) is 2.53. The number of hydrogen-bond donors (Lipinski definition) is 2. The summed E-state index contributed by atoms with van der Waals surface area (Å²) in [5, 5.41) is 5.36. The summed E-state index contributed by atoms with van der Waals surface area (Å²) < 4.78 is 13.8. The van der Waals surface area contributed by atoms with E-state index in [1.54, 1.807) is 12.1 Å². The molecular weight excluding hydrogens is 375 g/mol. The van der Waals surface area contributed by atoms with Crippen LogP contribution in [-0.4, -0.2) is 11.8 Å². The fourth-order valence-electron chi connectivity index (χ4n) is 1.88. The number of anilines is 2. The van der Waals surface area contributed by atoms with Crippen molar-refractivity contribution in [2.45, 2.75) is 20.8 Å². The van der Waals surface area contributed by atoms with E-state index in [4.69, 9.17) is 0 Å². The van der Waals surface area contributed by atoms with Crippen molar-refractivity contribution in [3.05, 3.63) is 58.3 Å². The monoisotopic (exact) mass is 392 g/mol. The molecule has 0 aliphatic carbocycles. The Morgan fingerprint density at radius 2 is 1.46 bits per heavy atom. The summed E-state index contributed by atoms with van der Waals surface area (Å²) in [6.07, 6.45) is 0. The number of carbonyl (C=O) groups is 2. The zero-order valence-corrected chi connectivity index (χ0v) is 15.2. The molecule has 4 nitrogen and oxygen atoms in total. The van der Waals surface area contributed by atoms with Gasteiger partial charge in [0.15, 0.2) is 0 Å². The predicted molar refractivity (Wildman–Crippen MR) is 96.3 cm³/mol. The summed E-state index contributed by atoms with van der Waals surface area (Å²) in [7, 11) is 0. The third-order valence-corrected chi connectivity index (χ3v) is 4.52. The zero-order chi connectivity index (χ0) is 17.9. The van der Waals surface area contributed by atoms with Crippen LogP contribution in [0.2, 0.25) is 0 Å². The van der Waals surface area contributed by atoms with Crippen LogP contribution < -0.4 is 10.6 Å². The van der Waals surface area contributed by atoms with Crippen LogP contribution in [0.4, 0.5) is 15.8 Å². The highest BCUT2D eigenvalue weighted by atomic mass is 79.9. The number of benzene rings is 2. The molecule has 0 spiro atoms. The molecule has 0 aromatic heterocycles. The van der Waals surface area contributed by atoms with Gasteiger partial charge in [-0.3, -0.25) is 9.59 Å². The lowest BCUT2D eigenvalue weighted by Gasteiger charge is -2.23. The van der Waals surface area contributed by atoms with E-state index >= 15 is 0 Å². The van der Waals surface area contributed by atoms with Gasteiger partial charge in [0.2, 0.25) is 11.8 Å². The SMILES string of the molecule is Cc1ccc(NC(=O)C(C)(C)C(=O)Nc2ccc(F)cc2)cc1Br. The van der Waals surface area contributed by atoms with E-state index in [2.05, 4.69) is 26.6 Å². The van der Waals surface area contributed by atoms with Crippen molar-refractivity contribution in [1.82, 2.24) is 0 Å². The van der Waals surface area contributed by atoms with Crippen LogP contribution in [0.25, 0.3) is 0 Å². The summed E-state index contributed by atoms with van der Waals surface area (Å²) in [6.45, 7) is 5.00. The van der Waals surface area contributed by atoms with Crippen LogP contribution in [-0.2, 0) is 9.59 Å². The molecule has 2 amide bonds. The molecule has 24 heavy (non-hydrogen) atoms. The van der Waals surface area contributed by atoms with Gasteiger partial charge in [-0.15, -0.1) is 0 Å². The lowest BCUT2D eigenvalue weighted by atomic mass is 9.90. The van der Waals surface area contributed by atoms with Crippen molar-refractivity contribution < 1.29 is 14.0 Å². The van der Waals surface area contributed by atoms with Crippen LogP contribution in [0.1, 0.15) is 19.4 Å². The molecule has 126 valence electrons. The lowest BCUT2D eigenvalue weighted by molar-refractivity contribution is -0.135. The second kappa shape index (κ2) is 7.13. The first-order valence-electron chi connectivity index (χ1n) is 7.35. The van der Waals surface area contributed by atoms with Crippen LogP contribution in [0.15, 0.2) is 46.9 Å². The molecule has 0 bridgehead atoms. The fourth-order valence-corrected chi connectivity index (χ4v) is 2.26. The first-order chi connectivity index (χ1) is 11.2. The van der Waals surface area contributed by atoms with E-state index in [9.17, 15) is 14.0 Å². The minimum atomic E-state index is -1.30. The van der Waals surface area contributed by atoms with Gasteiger partial charge in [0.05, 0.1) is 0 Å². The summed E-state index contributed by atoms with van der Waals surface area (Å²) in [4.78, 5) is 24.9. The summed E-state index contributed by atoms with van der Waals surface area (Å²) in [5.74, 6) is -1.30. The Balaban J connectivity index is 2.09. The van der Waals surface area contributed by atoms with Gasteiger partial charge >= 0.3 is 0 Å². The zero-order valence-electron chi connectivity index (χ0n) is 13.6. The molecular formula is C18H18BrFN2O2. The molecule has 6 heteroatoms. The molecule has 0 heterocycles. The number of amides is 2. The molecule has 0 unspecified atom stereocenters. The van der Waals surface area contributed by atoms with Gasteiger partial charge in [-0.05, 0) is 62.7 Å². The molecule has 0 fully saturated rings. The first-order valence-corrected chi connectivity index (χ1v) is 8.14. The topological polar surface area (TPSA) is 58.2 Å². The number of carbonyl (C=O) groups excluding carboxylic acids is 2. The van der Waals surface area contributed by atoms with E-state index in [0.717, 1.165) is 10.0 Å². The van der Waals surface area contributed by atoms with Gasteiger partial charge < -0.3 is 10.6 Å². The standard InChI is InChI=1S/C18H18BrFN2O2/c1-11-4-7-14(10-15(11)19)22-17(24)18(2,3)16(23)21-13-8-5-12(20)6-9-13/h4-10H,1-3H3,(H,21,23)(H,22,24). The second-order valence-corrected chi connectivity index (χ2v) is 6.86. The number of halogens is 2. The summed E-state index contributed by atoms with van der Waals surface area (Å²) in [6, 6.07) is 10.8. The number of nitrogens with one attached hydrogen (secondary N) is 2. The normalized spacial score (nSPS) is 11.0. The van der Waals surface area contributed by atoms with E-state index in [0.29, 0.717) is 11.4 Å². The minimum absolute atomic E-state index is 0.394. The smallest absolute Gasteiger partial charge is 0.239 e. The predicted octanol–water partition coefficient (Wildman–Crippen LogP) is 4.50. The van der Waals surface area contributed by atoms with Crippen LogP contribution in [0, 0.1) is 18.2 Å². The van der Waals surface area contributed by atoms with Gasteiger partial charge in [0, 0.05) is 15.8 Å². The van der Waals surface area contributed by atoms with Crippen LogP contribution >= 0.6 is 15.9 Å². The Morgan fingerprint density at radius 3 is 2.00 bits per heavy atom. The van der Waals surface area contributed by atoms with Gasteiger partial charge in [0.1, 0.15) is 11.2 Å². The lowest BCUT2D eigenvalue weighted by Crippen LogP contribution is -2.41. The summed E-state index contributed by atoms with van der Waals surface area (Å²) in [5.41, 5.74) is 0.771. The molecule has 0 saturated heterocycles.